The lowest BCUT2D eigenvalue weighted by atomic mass is 9.97. The number of benzene rings is 2. The van der Waals surface area contributed by atoms with Crippen LogP contribution in [0.1, 0.15) is 35.0 Å². The standard InChI is InChI=1S/C24H27N3O6/c1-29-18-10-6-5-9-17(18)24(28)27-11-7-8-15(14-27)23-25-22(26-33-23)16-12-19(30-2)21(32-4)20(13-16)31-3/h5-6,9-10,12-13,15H,7-8,11,14H2,1-4H3/t15-/m1/s1. The van der Waals surface area contributed by atoms with Gasteiger partial charge in [0.25, 0.3) is 5.91 Å². The van der Waals surface area contributed by atoms with Gasteiger partial charge in [0.1, 0.15) is 5.75 Å². The number of hydrogen-bond donors (Lipinski definition) is 0. The first-order chi connectivity index (χ1) is 16.1. The van der Waals surface area contributed by atoms with Crippen LogP contribution >= 0.6 is 0 Å². The van der Waals surface area contributed by atoms with Crippen molar-refractivity contribution in [2.45, 2.75) is 18.8 Å². The molecule has 1 aromatic heterocycles. The molecule has 0 N–H and O–H groups in total. The van der Waals surface area contributed by atoms with E-state index in [9.17, 15) is 4.79 Å². The number of aromatic nitrogens is 2. The fourth-order valence-electron chi connectivity index (χ4n) is 4.08. The topological polar surface area (TPSA) is 96.2 Å². The van der Waals surface area contributed by atoms with Gasteiger partial charge in [-0.1, -0.05) is 17.3 Å². The molecule has 2 heterocycles. The van der Waals surface area contributed by atoms with Gasteiger partial charge in [-0.3, -0.25) is 4.79 Å². The van der Waals surface area contributed by atoms with Crippen LogP contribution in [-0.2, 0) is 0 Å². The Balaban J connectivity index is 1.56. The first-order valence-electron chi connectivity index (χ1n) is 10.7. The summed E-state index contributed by atoms with van der Waals surface area (Å²) in [7, 11) is 6.22. The highest BCUT2D eigenvalue weighted by Gasteiger charge is 2.30. The lowest BCUT2D eigenvalue weighted by Crippen LogP contribution is -2.39. The van der Waals surface area contributed by atoms with Crippen LogP contribution in [0.5, 0.6) is 23.0 Å². The molecule has 174 valence electrons. The summed E-state index contributed by atoms with van der Waals surface area (Å²) >= 11 is 0. The second kappa shape index (κ2) is 9.81. The first-order valence-corrected chi connectivity index (χ1v) is 10.7. The van der Waals surface area contributed by atoms with E-state index in [1.54, 1.807) is 52.7 Å². The van der Waals surface area contributed by atoms with E-state index >= 15 is 0 Å². The lowest BCUT2D eigenvalue weighted by Gasteiger charge is -2.31. The molecule has 1 atom stereocenters. The fourth-order valence-corrected chi connectivity index (χ4v) is 4.08. The summed E-state index contributed by atoms with van der Waals surface area (Å²) in [5.41, 5.74) is 1.22. The van der Waals surface area contributed by atoms with Gasteiger partial charge in [0.2, 0.25) is 17.5 Å². The van der Waals surface area contributed by atoms with E-state index in [1.807, 2.05) is 17.0 Å². The Kier molecular flexibility index (Phi) is 6.67. The van der Waals surface area contributed by atoms with Crippen LogP contribution in [-0.4, -0.2) is 62.5 Å². The Morgan fingerprint density at radius 3 is 2.36 bits per heavy atom. The molecular weight excluding hydrogens is 426 g/mol. The van der Waals surface area contributed by atoms with Gasteiger partial charge in [0.15, 0.2) is 11.5 Å². The number of amides is 1. The van der Waals surface area contributed by atoms with E-state index in [4.69, 9.17) is 23.5 Å². The number of hydrogen-bond acceptors (Lipinski definition) is 8. The fraction of sp³-hybridized carbons (Fsp3) is 0.375. The zero-order chi connectivity index (χ0) is 23.4. The zero-order valence-electron chi connectivity index (χ0n) is 19.2. The van der Waals surface area contributed by atoms with Crippen molar-refractivity contribution in [1.82, 2.24) is 15.0 Å². The largest absolute Gasteiger partial charge is 0.496 e. The summed E-state index contributed by atoms with van der Waals surface area (Å²) < 4.78 is 27.2. The van der Waals surface area contributed by atoms with Crippen LogP contribution in [0.15, 0.2) is 40.9 Å². The third kappa shape index (κ3) is 4.44. The number of nitrogens with zero attached hydrogens (tertiary/aromatic N) is 3. The maximum Gasteiger partial charge on any atom is 0.257 e. The quantitative estimate of drug-likeness (QED) is 0.533. The van der Waals surface area contributed by atoms with E-state index in [1.165, 1.54) is 0 Å². The van der Waals surface area contributed by atoms with E-state index in [-0.39, 0.29) is 11.8 Å². The second-order valence-corrected chi connectivity index (χ2v) is 7.66. The molecule has 2 aromatic carbocycles. The highest BCUT2D eigenvalue weighted by atomic mass is 16.5. The Labute approximate surface area is 192 Å². The third-order valence-electron chi connectivity index (χ3n) is 5.76. The first kappa shape index (κ1) is 22.4. The normalized spacial score (nSPS) is 15.8. The predicted octanol–water partition coefficient (Wildman–Crippen LogP) is 3.79. The summed E-state index contributed by atoms with van der Waals surface area (Å²) in [6.45, 7) is 1.16. The number of likely N-dealkylation sites (tertiary alicyclic amines) is 1. The summed E-state index contributed by atoms with van der Waals surface area (Å²) in [6.07, 6.45) is 1.69. The molecule has 1 aliphatic heterocycles. The molecule has 3 aromatic rings. The summed E-state index contributed by atoms with van der Waals surface area (Å²) in [5.74, 6) is 2.85. The van der Waals surface area contributed by atoms with Gasteiger partial charge >= 0.3 is 0 Å². The monoisotopic (exact) mass is 453 g/mol. The van der Waals surface area contributed by atoms with Crippen LogP contribution in [0.3, 0.4) is 0 Å². The summed E-state index contributed by atoms with van der Waals surface area (Å²) in [6, 6.07) is 10.8. The number of piperidine rings is 1. The van der Waals surface area contributed by atoms with Gasteiger partial charge in [-0.25, -0.2) is 0 Å². The highest BCUT2D eigenvalue weighted by molar-refractivity contribution is 5.97. The molecule has 0 bridgehead atoms. The van der Waals surface area contributed by atoms with Gasteiger partial charge in [-0.15, -0.1) is 0 Å². The van der Waals surface area contributed by atoms with Crippen LogP contribution < -0.4 is 18.9 Å². The molecule has 4 rings (SSSR count). The number of methoxy groups -OCH3 is 4. The Bertz CT molecular complexity index is 1100. The van der Waals surface area contributed by atoms with E-state index in [0.717, 1.165) is 12.8 Å². The van der Waals surface area contributed by atoms with Gasteiger partial charge in [-0.05, 0) is 37.1 Å². The second-order valence-electron chi connectivity index (χ2n) is 7.66. The predicted molar refractivity (Wildman–Crippen MR) is 120 cm³/mol. The molecule has 33 heavy (non-hydrogen) atoms. The maximum absolute atomic E-state index is 13.1. The molecule has 9 heteroatoms. The molecule has 0 spiro atoms. The molecule has 1 fully saturated rings. The minimum absolute atomic E-state index is 0.0549. The van der Waals surface area contributed by atoms with Gasteiger partial charge in [-0.2, -0.15) is 4.98 Å². The Hall–Kier alpha value is -3.75. The van der Waals surface area contributed by atoms with Crippen molar-refractivity contribution in [3.05, 3.63) is 47.9 Å². The zero-order valence-corrected chi connectivity index (χ0v) is 19.2. The molecule has 0 saturated carbocycles. The average Bonchev–Trinajstić information content (AvgIpc) is 3.37. The van der Waals surface area contributed by atoms with Gasteiger partial charge in [0.05, 0.1) is 39.9 Å². The molecule has 0 aliphatic carbocycles. The molecule has 1 amide bonds. The molecule has 1 saturated heterocycles. The smallest absolute Gasteiger partial charge is 0.257 e. The lowest BCUT2D eigenvalue weighted by molar-refractivity contribution is 0.0692. The van der Waals surface area contributed by atoms with Crippen LogP contribution in [0.2, 0.25) is 0 Å². The summed E-state index contributed by atoms with van der Waals surface area (Å²) in [4.78, 5) is 19.6. The van der Waals surface area contributed by atoms with Gasteiger partial charge < -0.3 is 28.4 Å². The van der Waals surface area contributed by atoms with Crippen molar-refractivity contribution in [3.8, 4) is 34.4 Å². The van der Waals surface area contributed by atoms with Crippen molar-refractivity contribution in [2.24, 2.45) is 0 Å². The number of carbonyl (C=O) groups excluding carboxylic acids is 1. The third-order valence-corrected chi connectivity index (χ3v) is 5.76. The van der Waals surface area contributed by atoms with E-state index in [0.29, 0.717) is 58.9 Å². The minimum atomic E-state index is -0.0680. The molecule has 9 nitrogen and oxygen atoms in total. The van der Waals surface area contributed by atoms with Crippen LogP contribution in [0.25, 0.3) is 11.4 Å². The molecular formula is C24H27N3O6. The highest BCUT2D eigenvalue weighted by Crippen LogP contribution is 2.41. The number of ether oxygens (including phenoxy) is 4. The van der Waals surface area contributed by atoms with E-state index < -0.39 is 0 Å². The van der Waals surface area contributed by atoms with Crippen LogP contribution in [0.4, 0.5) is 0 Å². The maximum atomic E-state index is 13.1. The average molecular weight is 453 g/mol. The van der Waals surface area contributed by atoms with Crippen molar-refractivity contribution in [3.63, 3.8) is 0 Å². The van der Waals surface area contributed by atoms with Gasteiger partial charge in [0, 0.05) is 18.7 Å². The molecule has 0 unspecified atom stereocenters. The van der Waals surface area contributed by atoms with Crippen molar-refractivity contribution in [1.29, 1.82) is 0 Å². The van der Waals surface area contributed by atoms with Crippen molar-refractivity contribution in [2.75, 3.05) is 41.5 Å². The van der Waals surface area contributed by atoms with Crippen LogP contribution in [0, 0.1) is 0 Å². The number of para-hydroxylation sites is 1. The van der Waals surface area contributed by atoms with Crippen molar-refractivity contribution >= 4 is 5.91 Å². The number of rotatable bonds is 7. The Morgan fingerprint density at radius 2 is 1.70 bits per heavy atom. The Morgan fingerprint density at radius 1 is 1.00 bits per heavy atom. The van der Waals surface area contributed by atoms with E-state index in [2.05, 4.69) is 10.1 Å². The van der Waals surface area contributed by atoms with Crippen molar-refractivity contribution < 1.29 is 28.3 Å². The summed E-state index contributed by atoms with van der Waals surface area (Å²) in [5, 5.41) is 4.16. The minimum Gasteiger partial charge on any atom is -0.496 e. The molecule has 1 aliphatic rings. The molecule has 0 radical (unpaired) electrons. The number of carbonyl (C=O) groups is 1. The SMILES string of the molecule is COc1ccccc1C(=O)N1CCC[C@@H](c2nc(-c3cc(OC)c(OC)c(OC)c3)no2)C1.